The van der Waals surface area contributed by atoms with E-state index in [1.165, 1.54) is 12.3 Å². The highest BCUT2D eigenvalue weighted by Gasteiger charge is 2.03. The number of halogens is 2. The molecule has 10 heavy (non-hydrogen) atoms. The zero-order valence-corrected chi connectivity index (χ0v) is 6.38. The molecule has 1 aromatic rings. The molecule has 0 saturated heterocycles. The van der Waals surface area contributed by atoms with E-state index in [4.69, 9.17) is 0 Å². The van der Waals surface area contributed by atoms with E-state index >= 15 is 0 Å². The molecule has 0 aliphatic carbocycles. The summed E-state index contributed by atoms with van der Waals surface area (Å²) in [5, 5.41) is 0.0787. The molecule has 0 radical (unpaired) electrons. The third-order valence-electron chi connectivity index (χ3n) is 0.892. The molecule has 0 bridgehead atoms. The van der Waals surface area contributed by atoms with Crippen LogP contribution in [0.5, 0.6) is 0 Å². The molecule has 1 heterocycles. The van der Waals surface area contributed by atoms with E-state index in [1.807, 2.05) is 0 Å². The molecule has 0 aliphatic rings. The SMILES string of the molecule is FSc1cccnc1SF. The molecule has 0 amide bonds. The van der Waals surface area contributed by atoms with Gasteiger partial charge in [-0.2, -0.15) is 7.77 Å². The normalized spacial score (nSPS) is 9.80. The molecule has 0 saturated carbocycles. The van der Waals surface area contributed by atoms with E-state index in [2.05, 4.69) is 4.98 Å². The molecule has 0 fully saturated rings. The smallest absolute Gasteiger partial charge is 0.145 e. The monoisotopic (exact) mass is 179 g/mol. The molecule has 0 aromatic carbocycles. The summed E-state index contributed by atoms with van der Waals surface area (Å²) < 4.78 is 23.7. The van der Waals surface area contributed by atoms with Crippen LogP contribution in [0.15, 0.2) is 28.3 Å². The highest BCUT2D eigenvalue weighted by atomic mass is 32.2. The van der Waals surface area contributed by atoms with Crippen LogP contribution in [0.2, 0.25) is 0 Å². The number of nitrogens with zero attached hydrogens (tertiary/aromatic N) is 1. The van der Waals surface area contributed by atoms with Crippen LogP contribution in [0.4, 0.5) is 7.77 Å². The van der Waals surface area contributed by atoms with Gasteiger partial charge in [-0.3, -0.25) is 0 Å². The Hall–Kier alpha value is -0.290. The van der Waals surface area contributed by atoms with Crippen LogP contribution in [0.25, 0.3) is 0 Å². The highest BCUT2D eigenvalue weighted by molar-refractivity contribution is 7.97. The maximum atomic E-state index is 11.9. The van der Waals surface area contributed by atoms with Crippen molar-refractivity contribution >= 4 is 24.3 Å². The van der Waals surface area contributed by atoms with Crippen molar-refractivity contribution in [1.82, 2.24) is 4.98 Å². The van der Waals surface area contributed by atoms with Crippen molar-refractivity contribution in [2.75, 3.05) is 0 Å². The minimum atomic E-state index is -0.0519. The quantitative estimate of drug-likeness (QED) is 0.692. The van der Waals surface area contributed by atoms with Crippen LogP contribution in [0.1, 0.15) is 0 Å². The standard InChI is InChI=1S/C5H3F2NS2/c6-9-4-2-1-3-8-5(4)10-7/h1-3H. The third kappa shape index (κ3) is 1.60. The van der Waals surface area contributed by atoms with Gasteiger partial charge in [-0.1, -0.05) is 0 Å². The Kier molecular flexibility index (Phi) is 2.95. The van der Waals surface area contributed by atoms with Crippen molar-refractivity contribution in [3.05, 3.63) is 18.3 Å². The van der Waals surface area contributed by atoms with Gasteiger partial charge in [-0.25, -0.2) is 4.98 Å². The summed E-state index contributed by atoms with van der Waals surface area (Å²) in [5.41, 5.74) is 0. The third-order valence-corrected chi connectivity index (χ3v) is 1.99. The summed E-state index contributed by atoms with van der Waals surface area (Å²) in [7, 11) is 0. The van der Waals surface area contributed by atoms with Crippen molar-refractivity contribution in [1.29, 1.82) is 0 Å². The molecule has 1 rings (SSSR count). The summed E-state index contributed by atoms with van der Waals surface area (Å²) in [6.07, 6.45) is 1.42. The van der Waals surface area contributed by atoms with Gasteiger partial charge in [0, 0.05) is 6.20 Å². The van der Waals surface area contributed by atoms with Crippen molar-refractivity contribution in [2.45, 2.75) is 9.92 Å². The van der Waals surface area contributed by atoms with Crippen molar-refractivity contribution in [3.8, 4) is 0 Å². The van der Waals surface area contributed by atoms with E-state index in [9.17, 15) is 7.77 Å². The first kappa shape index (κ1) is 7.81. The van der Waals surface area contributed by atoms with E-state index in [1.54, 1.807) is 6.07 Å². The van der Waals surface area contributed by atoms with Crippen molar-refractivity contribution in [2.24, 2.45) is 0 Å². The zero-order valence-electron chi connectivity index (χ0n) is 4.75. The maximum Gasteiger partial charge on any atom is 0.145 e. The van der Waals surface area contributed by atoms with Gasteiger partial charge >= 0.3 is 0 Å². The van der Waals surface area contributed by atoms with Crippen molar-refractivity contribution in [3.63, 3.8) is 0 Å². The van der Waals surface area contributed by atoms with Gasteiger partial charge in [-0.15, -0.1) is 0 Å². The predicted molar refractivity (Wildman–Crippen MR) is 38.2 cm³/mol. The summed E-state index contributed by atoms with van der Waals surface area (Å²) in [6, 6.07) is 3.03. The summed E-state index contributed by atoms with van der Waals surface area (Å²) in [4.78, 5) is 3.81. The van der Waals surface area contributed by atoms with Crippen LogP contribution in [0.3, 0.4) is 0 Å². The van der Waals surface area contributed by atoms with Crippen LogP contribution in [-0.4, -0.2) is 4.98 Å². The fourth-order valence-electron chi connectivity index (χ4n) is 0.493. The van der Waals surface area contributed by atoms with Gasteiger partial charge in [0.05, 0.1) is 17.0 Å². The van der Waals surface area contributed by atoms with Gasteiger partial charge in [0.2, 0.25) is 0 Å². The number of pyridine rings is 1. The molecular formula is C5H3F2NS2. The number of aromatic nitrogens is 1. The van der Waals surface area contributed by atoms with E-state index in [0.717, 1.165) is 0 Å². The molecule has 5 heteroatoms. The minimum absolute atomic E-state index is 0.00333. The summed E-state index contributed by atoms with van der Waals surface area (Å²) >= 11 is -0.0553. The Balaban J connectivity index is 2.96. The van der Waals surface area contributed by atoms with E-state index < -0.39 is 0 Å². The molecule has 1 nitrogen and oxygen atoms in total. The number of hydrogen-bond acceptors (Lipinski definition) is 3. The Labute approximate surface area is 65.8 Å². The molecule has 0 spiro atoms. The molecule has 0 N–H and O–H groups in total. The second-order valence-corrected chi connectivity index (χ2v) is 2.60. The number of hydrogen-bond donors (Lipinski definition) is 0. The minimum Gasteiger partial charge on any atom is -0.246 e. The average molecular weight is 179 g/mol. The average Bonchev–Trinajstić information content (AvgIpc) is 2.04. The Bertz CT molecular complexity index is 196. The second kappa shape index (κ2) is 3.78. The largest absolute Gasteiger partial charge is 0.246 e. The summed E-state index contributed by atoms with van der Waals surface area (Å²) in [5.74, 6) is 0. The predicted octanol–water partition coefficient (Wildman–Crippen LogP) is 3.03. The first-order valence-electron chi connectivity index (χ1n) is 2.40. The van der Waals surface area contributed by atoms with Crippen LogP contribution in [-0.2, 0) is 0 Å². The van der Waals surface area contributed by atoms with E-state index in [0.29, 0.717) is 0 Å². The van der Waals surface area contributed by atoms with Crippen molar-refractivity contribution < 1.29 is 7.77 Å². The zero-order chi connectivity index (χ0) is 7.40. The molecule has 1 aromatic heterocycles. The lowest BCUT2D eigenvalue weighted by Crippen LogP contribution is -1.77. The maximum absolute atomic E-state index is 11.9. The van der Waals surface area contributed by atoms with Gasteiger partial charge in [0.1, 0.15) is 17.2 Å². The van der Waals surface area contributed by atoms with Crippen LogP contribution >= 0.6 is 24.3 Å². The fourth-order valence-corrected chi connectivity index (χ4v) is 1.18. The first-order chi connectivity index (χ1) is 4.88. The van der Waals surface area contributed by atoms with E-state index in [-0.39, 0.29) is 34.2 Å². The lowest BCUT2D eigenvalue weighted by atomic mass is 10.5. The van der Waals surface area contributed by atoms with Gasteiger partial charge < -0.3 is 0 Å². The van der Waals surface area contributed by atoms with Gasteiger partial charge in [-0.05, 0) is 12.1 Å². The van der Waals surface area contributed by atoms with Gasteiger partial charge in [0.25, 0.3) is 0 Å². The summed E-state index contributed by atoms with van der Waals surface area (Å²) in [6.45, 7) is 0. The molecule has 54 valence electrons. The fraction of sp³-hybridized carbons (Fsp3) is 0. The lowest BCUT2D eigenvalue weighted by Gasteiger charge is -1.94. The lowest BCUT2D eigenvalue weighted by molar-refractivity contribution is 0.883. The number of rotatable bonds is 2. The van der Waals surface area contributed by atoms with Crippen LogP contribution < -0.4 is 0 Å². The first-order valence-corrected chi connectivity index (χ1v) is 3.84. The Morgan fingerprint density at radius 1 is 1.30 bits per heavy atom. The Morgan fingerprint density at radius 3 is 2.60 bits per heavy atom. The van der Waals surface area contributed by atoms with Gasteiger partial charge in [0.15, 0.2) is 0 Å². The Morgan fingerprint density at radius 2 is 2.10 bits per heavy atom. The van der Waals surface area contributed by atoms with Crippen LogP contribution in [0, 0.1) is 0 Å². The highest BCUT2D eigenvalue weighted by Crippen LogP contribution is 2.29. The molecule has 0 unspecified atom stereocenters. The topological polar surface area (TPSA) is 12.9 Å². The molecule has 0 aliphatic heterocycles. The second-order valence-electron chi connectivity index (χ2n) is 1.46. The molecular weight excluding hydrogens is 176 g/mol. The molecule has 0 atom stereocenters.